The number of Topliss-reactive ketones (excluding diaryl/α,β-unsaturated/α-hetero) is 1. The van der Waals surface area contributed by atoms with Crippen molar-refractivity contribution in [1.29, 1.82) is 0 Å². The number of hydrogen-bond donors (Lipinski definition) is 0. The summed E-state index contributed by atoms with van der Waals surface area (Å²) in [7, 11) is 0. The highest BCUT2D eigenvalue weighted by molar-refractivity contribution is 5.96. The van der Waals surface area contributed by atoms with Crippen LogP contribution in [0.4, 0.5) is 0 Å². The molecule has 0 aliphatic heterocycles. The van der Waals surface area contributed by atoms with Crippen LogP contribution < -0.4 is 0 Å². The average Bonchev–Trinajstić information content (AvgIpc) is 2.16. The van der Waals surface area contributed by atoms with Crippen molar-refractivity contribution in [2.45, 2.75) is 46.5 Å². The first-order valence-corrected chi connectivity index (χ1v) is 5.65. The molecule has 0 unspecified atom stereocenters. The minimum atomic E-state index is -0.428. The van der Waals surface area contributed by atoms with Crippen molar-refractivity contribution in [2.24, 2.45) is 10.8 Å². The lowest BCUT2D eigenvalue weighted by Crippen LogP contribution is -2.43. The van der Waals surface area contributed by atoms with Gasteiger partial charge in [-0.3, -0.25) is 9.59 Å². The van der Waals surface area contributed by atoms with Gasteiger partial charge in [-0.2, -0.15) is 0 Å². The third kappa shape index (κ3) is 1.47. The van der Waals surface area contributed by atoms with E-state index in [1.807, 2.05) is 13.8 Å². The average molecular weight is 206 g/mol. The van der Waals surface area contributed by atoms with E-state index in [0.717, 1.165) is 18.4 Å². The summed E-state index contributed by atoms with van der Waals surface area (Å²) in [5, 5.41) is 0. The van der Waals surface area contributed by atoms with Gasteiger partial charge in [0.15, 0.2) is 5.78 Å². The monoisotopic (exact) mass is 206 g/mol. The SMILES string of the molecule is CC1(C)C(=O)CC[C@@]2(C)CCC(=O)C=C12. The van der Waals surface area contributed by atoms with E-state index in [4.69, 9.17) is 0 Å². The lowest BCUT2D eigenvalue weighted by Gasteiger charge is -2.46. The maximum absolute atomic E-state index is 11.9. The molecule has 2 nitrogen and oxygen atoms in total. The van der Waals surface area contributed by atoms with Crippen LogP contribution in [-0.4, -0.2) is 11.6 Å². The summed E-state index contributed by atoms with van der Waals surface area (Å²) < 4.78 is 0. The molecule has 2 aliphatic carbocycles. The Balaban J connectivity index is 2.51. The molecular formula is C13H18O2. The Morgan fingerprint density at radius 2 is 1.67 bits per heavy atom. The molecule has 2 rings (SSSR count). The number of fused-ring (bicyclic) bond motifs is 1. The zero-order valence-electron chi connectivity index (χ0n) is 9.72. The van der Waals surface area contributed by atoms with Crippen LogP contribution in [0.15, 0.2) is 11.6 Å². The summed E-state index contributed by atoms with van der Waals surface area (Å²) in [6, 6.07) is 0. The van der Waals surface area contributed by atoms with E-state index in [2.05, 4.69) is 6.92 Å². The normalized spacial score (nSPS) is 34.7. The van der Waals surface area contributed by atoms with Crippen LogP contribution in [0.1, 0.15) is 46.5 Å². The molecule has 1 atom stereocenters. The standard InChI is InChI=1S/C13H18O2/c1-12(2)10-8-9(14)4-6-13(10,3)7-5-11(12)15/h8H,4-7H2,1-3H3/t13-/m1/s1. The Kier molecular flexibility index (Phi) is 2.14. The van der Waals surface area contributed by atoms with Crippen molar-refractivity contribution < 1.29 is 9.59 Å². The molecule has 0 radical (unpaired) electrons. The maximum Gasteiger partial charge on any atom is 0.155 e. The summed E-state index contributed by atoms with van der Waals surface area (Å²) in [5.74, 6) is 0.464. The number of rotatable bonds is 0. The minimum Gasteiger partial charge on any atom is -0.299 e. The summed E-state index contributed by atoms with van der Waals surface area (Å²) >= 11 is 0. The van der Waals surface area contributed by atoms with Gasteiger partial charge in [-0.25, -0.2) is 0 Å². The minimum absolute atomic E-state index is 0.0886. The zero-order valence-corrected chi connectivity index (χ0v) is 9.72. The largest absolute Gasteiger partial charge is 0.299 e. The highest BCUT2D eigenvalue weighted by atomic mass is 16.1. The Bertz CT molecular complexity index is 363. The molecule has 0 bridgehead atoms. The molecule has 2 heteroatoms. The molecule has 0 amide bonds. The van der Waals surface area contributed by atoms with Crippen molar-refractivity contribution in [3.63, 3.8) is 0 Å². The summed E-state index contributed by atoms with van der Waals surface area (Å²) in [4.78, 5) is 23.3. The molecule has 82 valence electrons. The van der Waals surface area contributed by atoms with Gasteiger partial charge >= 0.3 is 0 Å². The molecule has 0 saturated heterocycles. The number of allylic oxidation sites excluding steroid dienone is 2. The number of carbonyl (C=O) groups excluding carboxylic acids is 2. The smallest absolute Gasteiger partial charge is 0.155 e. The van der Waals surface area contributed by atoms with E-state index in [1.165, 1.54) is 0 Å². The number of hydrogen-bond acceptors (Lipinski definition) is 2. The van der Waals surface area contributed by atoms with Crippen molar-refractivity contribution in [2.75, 3.05) is 0 Å². The zero-order chi connectivity index (χ0) is 11.3. The molecule has 15 heavy (non-hydrogen) atoms. The van der Waals surface area contributed by atoms with Crippen molar-refractivity contribution in [3.8, 4) is 0 Å². The van der Waals surface area contributed by atoms with E-state index >= 15 is 0 Å². The first kappa shape index (κ1) is 10.6. The molecule has 0 heterocycles. The predicted octanol–water partition coefficient (Wildman–Crippen LogP) is 2.67. The van der Waals surface area contributed by atoms with Gasteiger partial charge in [0.25, 0.3) is 0 Å². The van der Waals surface area contributed by atoms with Crippen molar-refractivity contribution >= 4 is 11.6 Å². The van der Waals surface area contributed by atoms with Crippen molar-refractivity contribution in [3.05, 3.63) is 11.6 Å². The van der Waals surface area contributed by atoms with Crippen LogP contribution in [0.5, 0.6) is 0 Å². The fourth-order valence-corrected chi connectivity index (χ4v) is 2.99. The van der Waals surface area contributed by atoms with Gasteiger partial charge in [0.2, 0.25) is 0 Å². The van der Waals surface area contributed by atoms with Crippen LogP contribution in [0.3, 0.4) is 0 Å². The summed E-state index contributed by atoms with van der Waals surface area (Å²) in [6.07, 6.45) is 4.86. The molecule has 1 fully saturated rings. The molecule has 0 aromatic carbocycles. The lowest BCUT2D eigenvalue weighted by atomic mass is 9.56. The highest BCUT2D eigenvalue weighted by Crippen LogP contribution is 2.52. The molecule has 0 N–H and O–H groups in total. The van der Waals surface area contributed by atoms with Gasteiger partial charge in [0, 0.05) is 18.3 Å². The Labute approximate surface area is 90.7 Å². The molecule has 0 spiro atoms. The quantitative estimate of drug-likeness (QED) is 0.610. The third-order valence-electron chi connectivity index (χ3n) is 4.15. The maximum atomic E-state index is 11.9. The van der Waals surface area contributed by atoms with Crippen LogP contribution >= 0.6 is 0 Å². The summed E-state index contributed by atoms with van der Waals surface area (Å²) in [6.45, 7) is 6.10. The fourth-order valence-electron chi connectivity index (χ4n) is 2.99. The molecule has 1 saturated carbocycles. The Hall–Kier alpha value is -0.920. The van der Waals surface area contributed by atoms with E-state index in [9.17, 15) is 9.59 Å². The Morgan fingerprint density at radius 1 is 1.07 bits per heavy atom. The van der Waals surface area contributed by atoms with Gasteiger partial charge in [-0.05, 0) is 43.8 Å². The van der Waals surface area contributed by atoms with E-state index in [1.54, 1.807) is 6.08 Å². The molecular weight excluding hydrogens is 188 g/mol. The fraction of sp³-hybridized carbons (Fsp3) is 0.692. The second-order valence-corrected chi connectivity index (χ2v) is 5.63. The van der Waals surface area contributed by atoms with Crippen molar-refractivity contribution in [1.82, 2.24) is 0 Å². The number of ketones is 2. The first-order valence-electron chi connectivity index (χ1n) is 5.65. The van der Waals surface area contributed by atoms with Gasteiger partial charge in [-0.1, -0.05) is 6.92 Å². The first-order chi connectivity index (χ1) is 6.86. The molecule has 0 aromatic heterocycles. The third-order valence-corrected chi connectivity index (χ3v) is 4.15. The van der Waals surface area contributed by atoms with Gasteiger partial charge in [-0.15, -0.1) is 0 Å². The van der Waals surface area contributed by atoms with E-state index in [-0.39, 0.29) is 17.0 Å². The van der Waals surface area contributed by atoms with Crippen LogP contribution in [0, 0.1) is 10.8 Å². The van der Waals surface area contributed by atoms with E-state index in [0.29, 0.717) is 12.8 Å². The van der Waals surface area contributed by atoms with Gasteiger partial charge in [0.05, 0.1) is 0 Å². The number of carbonyl (C=O) groups is 2. The lowest BCUT2D eigenvalue weighted by molar-refractivity contribution is -0.129. The Morgan fingerprint density at radius 3 is 2.33 bits per heavy atom. The second-order valence-electron chi connectivity index (χ2n) is 5.63. The van der Waals surface area contributed by atoms with E-state index < -0.39 is 5.41 Å². The predicted molar refractivity (Wildman–Crippen MR) is 58.5 cm³/mol. The van der Waals surface area contributed by atoms with Crippen LogP contribution in [-0.2, 0) is 9.59 Å². The topological polar surface area (TPSA) is 34.1 Å². The molecule has 0 aromatic rings. The van der Waals surface area contributed by atoms with Crippen LogP contribution in [0.2, 0.25) is 0 Å². The molecule has 2 aliphatic rings. The summed E-state index contributed by atoms with van der Waals surface area (Å²) in [5.41, 5.74) is 0.733. The highest BCUT2D eigenvalue weighted by Gasteiger charge is 2.47. The van der Waals surface area contributed by atoms with Gasteiger partial charge < -0.3 is 0 Å². The second kappa shape index (κ2) is 3.03. The van der Waals surface area contributed by atoms with Crippen LogP contribution in [0.25, 0.3) is 0 Å². The van der Waals surface area contributed by atoms with Gasteiger partial charge in [0.1, 0.15) is 5.78 Å².